The van der Waals surface area contributed by atoms with E-state index in [9.17, 15) is 0 Å². The summed E-state index contributed by atoms with van der Waals surface area (Å²) in [5.74, 6) is 2.40. The van der Waals surface area contributed by atoms with Gasteiger partial charge >= 0.3 is 0 Å². The third-order valence-corrected chi connectivity index (χ3v) is 4.05. The zero-order valence-corrected chi connectivity index (χ0v) is 8.99. The minimum Gasteiger partial charge on any atom is -0.396 e. The first-order valence-electron chi connectivity index (χ1n) is 6.17. The standard InChI is InChI=1S/C13H22O/c14-10-11-6-8-13(9-7-11)12-4-2-1-3-5-12/h2,4,11-14H,1,3,5-10H2. The van der Waals surface area contributed by atoms with Crippen LogP contribution in [0.15, 0.2) is 12.2 Å². The Labute approximate surface area is 87.2 Å². The molecule has 0 aromatic heterocycles. The van der Waals surface area contributed by atoms with E-state index in [0.717, 1.165) is 11.8 Å². The van der Waals surface area contributed by atoms with Gasteiger partial charge in [-0.05, 0) is 62.7 Å². The predicted molar refractivity (Wildman–Crippen MR) is 59.0 cm³/mol. The van der Waals surface area contributed by atoms with Crippen LogP contribution < -0.4 is 0 Å². The summed E-state index contributed by atoms with van der Waals surface area (Å²) in [6.45, 7) is 0.410. The van der Waals surface area contributed by atoms with Gasteiger partial charge in [0.2, 0.25) is 0 Å². The Morgan fingerprint density at radius 3 is 2.43 bits per heavy atom. The van der Waals surface area contributed by atoms with Crippen LogP contribution in [0.3, 0.4) is 0 Å². The SMILES string of the molecule is OCC1CCC(C2C=CCCC2)CC1. The molecule has 2 rings (SSSR count). The average molecular weight is 194 g/mol. The van der Waals surface area contributed by atoms with Crippen LogP contribution >= 0.6 is 0 Å². The number of hydrogen-bond donors (Lipinski definition) is 1. The van der Waals surface area contributed by atoms with E-state index in [-0.39, 0.29) is 0 Å². The van der Waals surface area contributed by atoms with Crippen LogP contribution in [-0.2, 0) is 0 Å². The maximum Gasteiger partial charge on any atom is 0.0459 e. The number of aliphatic hydroxyl groups is 1. The Bertz CT molecular complexity index is 189. The zero-order valence-electron chi connectivity index (χ0n) is 8.99. The van der Waals surface area contributed by atoms with Crippen LogP contribution in [0.1, 0.15) is 44.9 Å². The van der Waals surface area contributed by atoms with Crippen molar-refractivity contribution in [2.24, 2.45) is 17.8 Å². The number of allylic oxidation sites excluding steroid dienone is 2. The third kappa shape index (κ3) is 2.38. The van der Waals surface area contributed by atoms with Gasteiger partial charge in [-0.15, -0.1) is 0 Å². The first kappa shape index (κ1) is 10.2. The molecule has 1 atom stereocenters. The number of aliphatic hydroxyl groups excluding tert-OH is 1. The van der Waals surface area contributed by atoms with Crippen molar-refractivity contribution in [1.82, 2.24) is 0 Å². The molecule has 1 N–H and O–H groups in total. The fourth-order valence-electron chi connectivity index (χ4n) is 3.03. The van der Waals surface area contributed by atoms with Crippen molar-refractivity contribution in [2.75, 3.05) is 6.61 Å². The van der Waals surface area contributed by atoms with Crippen LogP contribution in [0, 0.1) is 17.8 Å². The summed E-state index contributed by atoms with van der Waals surface area (Å²) in [5.41, 5.74) is 0. The normalized spacial score (nSPS) is 38.5. The summed E-state index contributed by atoms with van der Waals surface area (Å²) < 4.78 is 0. The van der Waals surface area contributed by atoms with Gasteiger partial charge in [-0.3, -0.25) is 0 Å². The highest BCUT2D eigenvalue weighted by atomic mass is 16.3. The molecule has 1 heteroatoms. The van der Waals surface area contributed by atoms with Crippen LogP contribution in [0.5, 0.6) is 0 Å². The van der Waals surface area contributed by atoms with Crippen molar-refractivity contribution in [3.8, 4) is 0 Å². The van der Waals surface area contributed by atoms with Gasteiger partial charge in [0.1, 0.15) is 0 Å². The topological polar surface area (TPSA) is 20.2 Å². The monoisotopic (exact) mass is 194 g/mol. The molecule has 2 aliphatic carbocycles. The molecule has 0 saturated heterocycles. The number of rotatable bonds is 2. The lowest BCUT2D eigenvalue weighted by Crippen LogP contribution is -2.23. The van der Waals surface area contributed by atoms with Gasteiger partial charge in [-0.2, -0.15) is 0 Å². The van der Waals surface area contributed by atoms with Crippen molar-refractivity contribution in [3.63, 3.8) is 0 Å². The van der Waals surface area contributed by atoms with E-state index in [1.807, 2.05) is 0 Å². The summed E-state index contributed by atoms with van der Waals surface area (Å²) in [7, 11) is 0. The largest absolute Gasteiger partial charge is 0.396 e. The molecule has 0 aromatic carbocycles. The Hall–Kier alpha value is -0.300. The van der Waals surface area contributed by atoms with Crippen LogP contribution in [0.2, 0.25) is 0 Å². The van der Waals surface area contributed by atoms with Gasteiger partial charge in [0.05, 0.1) is 0 Å². The first-order valence-corrected chi connectivity index (χ1v) is 6.17. The zero-order chi connectivity index (χ0) is 9.80. The molecular weight excluding hydrogens is 172 g/mol. The van der Waals surface area contributed by atoms with E-state index in [4.69, 9.17) is 5.11 Å². The number of hydrogen-bond acceptors (Lipinski definition) is 1. The molecule has 0 aromatic rings. The highest BCUT2D eigenvalue weighted by molar-refractivity contribution is 4.96. The second-order valence-corrected chi connectivity index (χ2v) is 4.99. The highest BCUT2D eigenvalue weighted by Crippen LogP contribution is 2.37. The molecule has 2 aliphatic rings. The smallest absolute Gasteiger partial charge is 0.0459 e. The summed E-state index contributed by atoms with van der Waals surface area (Å²) in [5, 5.41) is 9.07. The van der Waals surface area contributed by atoms with Gasteiger partial charge in [0, 0.05) is 6.61 Å². The predicted octanol–water partition coefficient (Wildman–Crippen LogP) is 3.14. The molecule has 1 saturated carbocycles. The second-order valence-electron chi connectivity index (χ2n) is 4.99. The van der Waals surface area contributed by atoms with Gasteiger partial charge in [0.15, 0.2) is 0 Å². The van der Waals surface area contributed by atoms with E-state index in [1.165, 1.54) is 44.9 Å². The van der Waals surface area contributed by atoms with E-state index in [2.05, 4.69) is 12.2 Å². The van der Waals surface area contributed by atoms with Crippen LogP contribution in [0.4, 0.5) is 0 Å². The molecule has 1 unspecified atom stereocenters. The Morgan fingerprint density at radius 1 is 1.07 bits per heavy atom. The summed E-state index contributed by atoms with van der Waals surface area (Å²) >= 11 is 0. The minimum atomic E-state index is 0.410. The summed E-state index contributed by atoms with van der Waals surface area (Å²) in [6.07, 6.45) is 14.1. The van der Waals surface area contributed by atoms with Gasteiger partial charge in [-0.1, -0.05) is 12.2 Å². The van der Waals surface area contributed by atoms with Crippen molar-refractivity contribution in [2.45, 2.75) is 44.9 Å². The quantitative estimate of drug-likeness (QED) is 0.670. The average Bonchev–Trinajstić information content (AvgIpc) is 2.30. The fourth-order valence-corrected chi connectivity index (χ4v) is 3.03. The minimum absolute atomic E-state index is 0.410. The van der Waals surface area contributed by atoms with Crippen LogP contribution in [-0.4, -0.2) is 11.7 Å². The molecule has 0 spiro atoms. The van der Waals surface area contributed by atoms with Crippen molar-refractivity contribution < 1.29 is 5.11 Å². The third-order valence-electron chi connectivity index (χ3n) is 4.05. The molecule has 0 bridgehead atoms. The lowest BCUT2D eigenvalue weighted by Gasteiger charge is -2.33. The molecule has 14 heavy (non-hydrogen) atoms. The lowest BCUT2D eigenvalue weighted by atomic mass is 9.73. The molecule has 0 heterocycles. The molecule has 0 amide bonds. The maximum atomic E-state index is 9.07. The van der Waals surface area contributed by atoms with Crippen LogP contribution in [0.25, 0.3) is 0 Å². The van der Waals surface area contributed by atoms with Gasteiger partial charge in [-0.25, -0.2) is 0 Å². The fraction of sp³-hybridized carbons (Fsp3) is 0.846. The molecular formula is C13H22O. The molecule has 80 valence electrons. The Balaban J connectivity index is 1.82. The van der Waals surface area contributed by atoms with Crippen molar-refractivity contribution >= 4 is 0 Å². The van der Waals surface area contributed by atoms with E-state index in [0.29, 0.717) is 12.5 Å². The van der Waals surface area contributed by atoms with Crippen molar-refractivity contribution in [1.29, 1.82) is 0 Å². The summed E-state index contributed by atoms with van der Waals surface area (Å²) in [6, 6.07) is 0. The molecule has 1 fully saturated rings. The van der Waals surface area contributed by atoms with E-state index in [1.54, 1.807) is 0 Å². The highest BCUT2D eigenvalue weighted by Gasteiger charge is 2.26. The molecule has 1 nitrogen and oxygen atoms in total. The van der Waals surface area contributed by atoms with Crippen molar-refractivity contribution in [3.05, 3.63) is 12.2 Å². The molecule has 0 aliphatic heterocycles. The first-order chi connectivity index (χ1) is 6.90. The maximum absolute atomic E-state index is 9.07. The summed E-state index contributed by atoms with van der Waals surface area (Å²) in [4.78, 5) is 0. The van der Waals surface area contributed by atoms with Gasteiger partial charge < -0.3 is 5.11 Å². The Morgan fingerprint density at radius 2 is 1.86 bits per heavy atom. The lowest BCUT2D eigenvalue weighted by molar-refractivity contribution is 0.149. The second kappa shape index (κ2) is 4.97. The van der Waals surface area contributed by atoms with E-state index >= 15 is 0 Å². The van der Waals surface area contributed by atoms with Gasteiger partial charge in [0.25, 0.3) is 0 Å². The molecule has 0 radical (unpaired) electrons. The Kier molecular flexibility index (Phi) is 3.63. The van der Waals surface area contributed by atoms with E-state index < -0.39 is 0 Å².